The number of hydrogen-bond donors (Lipinski definition) is 19. The summed E-state index contributed by atoms with van der Waals surface area (Å²) in [5.74, 6) is -16.8. The van der Waals surface area contributed by atoms with Crippen LogP contribution in [0.25, 0.3) is 0 Å². The van der Waals surface area contributed by atoms with E-state index in [1.807, 2.05) is 5.32 Å². The maximum Gasteiger partial charge on any atom is 0.325 e. The van der Waals surface area contributed by atoms with E-state index in [0.717, 1.165) is 11.8 Å². The van der Waals surface area contributed by atoms with Crippen LogP contribution in [0, 0.1) is 5.92 Å². The molecule has 87 heavy (non-hydrogen) atoms. The highest BCUT2D eigenvalue weighted by molar-refractivity contribution is 6.00. The van der Waals surface area contributed by atoms with Gasteiger partial charge in [-0.3, -0.25) is 72.1 Å². The van der Waals surface area contributed by atoms with Gasteiger partial charge in [-0.05, 0) is 63.4 Å². The third-order valence-electron chi connectivity index (χ3n) is 13.2. The summed E-state index contributed by atoms with van der Waals surface area (Å²) < 4.78 is 0. The number of aliphatic imine (C=N–C) groups is 1. The minimum atomic E-state index is -2.02. The van der Waals surface area contributed by atoms with Crippen molar-refractivity contribution >= 4 is 88.8 Å². The van der Waals surface area contributed by atoms with Gasteiger partial charge < -0.3 is 106 Å². The molecule has 11 amide bonds. The number of carbonyl (C=O) groups excluding carboxylic acids is 11. The Hall–Kier alpha value is -9.09. The molecule has 0 spiro atoms. The number of primary amides is 1. The number of nitrogens with one attached hydrogen (secondary N) is 9. The second kappa shape index (κ2) is 37.4. The Morgan fingerprint density at radius 1 is 0.563 bits per heavy atom. The number of rotatable bonds is 39. The van der Waals surface area contributed by atoms with Crippen molar-refractivity contribution in [1.29, 1.82) is 0 Å². The van der Waals surface area contributed by atoms with E-state index in [1.54, 1.807) is 44.2 Å². The molecule has 0 bridgehead atoms. The smallest absolute Gasteiger partial charge is 0.325 e. The molecule has 1 fully saturated rings. The van der Waals surface area contributed by atoms with E-state index in [0.29, 0.717) is 5.56 Å². The number of aliphatic hydroxyl groups is 3. The van der Waals surface area contributed by atoms with E-state index in [2.05, 4.69) is 47.5 Å². The van der Waals surface area contributed by atoms with Gasteiger partial charge in [0.1, 0.15) is 60.4 Å². The van der Waals surface area contributed by atoms with Gasteiger partial charge in [0.2, 0.25) is 65.0 Å². The van der Waals surface area contributed by atoms with Crippen molar-refractivity contribution in [3.05, 3.63) is 35.9 Å². The molecule has 0 unspecified atom stereocenters. The summed E-state index contributed by atoms with van der Waals surface area (Å²) in [7, 11) is 0. The number of likely N-dealkylation sites (tertiary alicyclic amines) is 1. The van der Waals surface area contributed by atoms with Crippen molar-refractivity contribution < 1.29 is 97.8 Å². The zero-order valence-corrected chi connectivity index (χ0v) is 48.2. The summed E-state index contributed by atoms with van der Waals surface area (Å²) in [6.45, 7) is 1.02. The molecule has 1 aromatic rings. The van der Waals surface area contributed by atoms with Crippen molar-refractivity contribution in [2.45, 2.75) is 158 Å². The van der Waals surface area contributed by atoms with Crippen LogP contribution in [-0.4, -0.2) is 224 Å². The Balaban J connectivity index is 2.45. The molecule has 35 heteroatoms. The zero-order valence-electron chi connectivity index (χ0n) is 48.2. The predicted octanol–water partition coefficient (Wildman–Crippen LogP) is -8.30. The Morgan fingerprint density at radius 3 is 1.60 bits per heavy atom. The zero-order chi connectivity index (χ0) is 65.7. The number of amides is 11. The van der Waals surface area contributed by atoms with Gasteiger partial charge >= 0.3 is 17.9 Å². The third-order valence-corrected chi connectivity index (χ3v) is 13.2. The van der Waals surface area contributed by atoms with Crippen LogP contribution >= 0.6 is 0 Å². The normalized spacial score (nSPS) is 16.2. The van der Waals surface area contributed by atoms with Crippen LogP contribution < -0.4 is 70.8 Å². The van der Waals surface area contributed by atoms with Gasteiger partial charge in [0, 0.05) is 32.4 Å². The average Bonchev–Trinajstić information content (AvgIpc) is 4.07. The van der Waals surface area contributed by atoms with Gasteiger partial charge in [-0.1, -0.05) is 44.2 Å². The van der Waals surface area contributed by atoms with E-state index >= 15 is 0 Å². The van der Waals surface area contributed by atoms with E-state index in [1.165, 1.54) is 0 Å². The molecule has 1 saturated heterocycles. The second-order valence-electron chi connectivity index (χ2n) is 20.7. The summed E-state index contributed by atoms with van der Waals surface area (Å²) in [5.41, 5.74) is 22.3. The van der Waals surface area contributed by atoms with Crippen LogP contribution in [0.3, 0.4) is 0 Å². The molecular weight excluding hydrogens is 1150 g/mol. The lowest BCUT2D eigenvalue weighted by Crippen LogP contribution is -2.61. The number of aliphatic carboxylic acids is 3. The van der Waals surface area contributed by atoms with E-state index < -0.39 is 188 Å². The summed E-state index contributed by atoms with van der Waals surface area (Å²) >= 11 is 0. The van der Waals surface area contributed by atoms with Gasteiger partial charge in [-0.2, -0.15) is 0 Å². The first-order valence-electron chi connectivity index (χ1n) is 27.6. The monoisotopic (exact) mass is 1240 g/mol. The topological polar surface area (TPSA) is 588 Å². The standard InChI is InChI=1S/C52H81N15O20/c1-25(2)19-31(61-43(78)30(14-16-39(72)73)59-41(76)28(53)13-15-38(54)71)44(79)60-29(11-7-17-57-52(55)56)42(77)63-33(21-40(74)75)46(81)62-32(20-27-9-5-4-6-10-27)45(80)66-36(24-70)50(85)67-18-8-12-37(67)49(84)65-35(23-69)48(83)64-34(22-68)47(82)58-26(3)51(86)87/h4-6,9-10,25-26,28-37,68-70H,7-8,11-24,53H2,1-3H3,(H2,54,71)(H,58,82)(H,59,76)(H,60,79)(H,61,78)(H,62,81)(H,63,77)(H,64,83)(H,65,84)(H,66,80)(H,72,73)(H,74,75)(H,86,87)(H4,55,56,57)/t26-,28-,29-,30-,31-,32-,33-,34-,35-,36-,37-/m0/s1. The first-order valence-corrected chi connectivity index (χ1v) is 27.6. The number of hydrogen-bond acceptors (Lipinski definition) is 19. The first-order chi connectivity index (χ1) is 40.9. The highest BCUT2D eigenvalue weighted by Gasteiger charge is 2.41. The predicted molar refractivity (Wildman–Crippen MR) is 302 cm³/mol. The summed E-state index contributed by atoms with van der Waals surface area (Å²) in [4.78, 5) is 188. The molecule has 484 valence electrons. The molecular formula is C52H81N15O20. The Labute approximate surface area is 498 Å². The fourth-order valence-corrected chi connectivity index (χ4v) is 8.52. The first kappa shape index (κ1) is 74.0. The summed E-state index contributed by atoms with van der Waals surface area (Å²) in [6.07, 6.45) is -3.44. The molecule has 1 heterocycles. The lowest BCUT2D eigenvalue weighted by atomic mass is 10.0. The lowest BCUT2D eigenvalue weighted by molar-refractivity contribution is -0.144. The Bertz CT molecular complexity index is 2630. The van der Waals surface area contributed by atoms with Crippen molar-refractivity contribution in [2.75, 3.05) is 32.9 Å². The molecule has 2 rings (SSSR count). The number of benzene rings is 1. The number of carboxylic acids is 3. The van der Waals surface area contributed by atoms with E-state index in [9.17, 15) is 92.7 Å². The Kier molecular flexibility index (Phi) is 31.8. The molecule has 23 N–H and O–H groups in total. The molecule has 1 aromatic carbocycles. The van der Waals surface area contributed by atoms with Crippen LogP contribution in [0.1, 0.15) is 90.5 Å². The van der Waals surface area contributed by atoms with Gasteiger partial charge in [-0.25, -0.2) is 0 Å². The van der Waals surface area contributed by atoms with E-state index in [-0.39, 0.29) is 76.3 Å². The summed E-state index contributed by atoms with van der Waals surface area (Å²) in [5, 5.41) is 79.3. The SMILES string of the molecule is CC(C)C[C@H](NC(=O)[C@H](CCC(=O)O)NC(=O)[C@@H](N)CCC(N)=O)C(=O)N[C@@H](CCCN=C(N)N)C(=O)N[C@@H](CC(=O)O)C(=O)N[C@@H](Cc1ccccc1)C(=O)N[C@@H](CO)C(=O)N1CCC[C@H]1C(=O)N[C@@H](CO)C(=O)N[C@@H](CO)C(=O)N[C@@H](C)C(=O)O. The number of nitrogens with two attached hydrogens (primary N) is 4. The quantitative estimate of drug-likeness (QED) is 0.0165. The number of carbonyl (C=O) groups is 14. The highest BCUT2D eigenvalue weighted by atomic mass is 16.4. The number of aliphatic hydroxyl groups excluding tert-OH is 3. The molecule has 1 aliphatic rings. The second-order valence-corrected chi connectivity index (χ2v) is 20.7. The third kappa shape index (κ3) is 26.4. The fourth-order valence-electron chi connectivity index (χ4n) is 8.52. The highest BCUT2D eigenvalue weighted by Crippen LogP contribution is 2.20. The molecule has 0 aromatic heterocycles. The summed E-state index contributed by atoms with van der Waals surface area (Å²) in [6, 6.07) is -10.1. The van der Waals surface area contributed by atoms with Gasteiger partial charge in [0.15, 0.2) is 5.96 Å². The molecule has 35 nitrogen and oxygen atoms in total. The molecule has 1 aliphatic heterocycles. The van der Waals surface area contributed by atoms with Crippen LogP contribution in [0.4, 0.5) is 0 Å². The van der Waals surface area contributed by atoms with Crippen LogP contribution in [0.15, 0.2) is 35.3 Å². The van der Waals surface area contributed by atoms with Crippen molar-refractivity contribution in [3.63, 3.8) is 0 Å². The van der Waals surface area contributed by atoms with Gasteiger partial charge in [0.25, 0.3) is 0 Å². The Morgan fingerprint density at radius 2 is 1.05 bits per heavy atom. The lowest BCUT2D eigenvalue weighted by Gasteiger charge is -2.30. The number of guanidine groups is 1. The van der Waals surface area contributed by atoms with Crippen molar-refractivity contribution in [3.8, 4) is 0 Å². The molecule has 0 radical (unpaired) electrons. The van der Waals surface area contributed by atoms with Crippen LogP contribution in [0.5, 0.6) is 0 Å². The van der Waals surface area contributed by atoms with Gasteiger partial charge in [0.05, 0.1) is 32.3 Å². The average molecular weight is 1240 g/mol. The van der Waals surface area contributed by atoms with Crippen LogP contribution in [-0.2, 0) is 73.5 Å². The van der Waals surface area contributed by atoms with Crippen LogP contribution in [0.2, 0.25) is 0 Å². The number of carboxylic acid groups (broad SMARTS) is 3. The number of nitrogens with zero attached hydrogens (tertiary/aromatic N) is 2. The fraction of sp³-hybridized carbons (Fsp3) is 0.596. The van der Waals surface area contributed by atoms with Crippen molar-refractivity contribution in [1.82, 2.24) is 52.8 Å². The largest absolute Gasteiger partial charge is 0.481 e. The molecule has 0 aliphatic carbocycles. The maximum absolute atomic E-state index is 14.3. The minimum absolute atomic E-state index is 0.0342. The minimum Gasteiger partial charge on any atom is -0.481 e. The van der Waals surface area contributed by atoms with E-state index in [4.69, 9.17) is 28.0 Å². The van der Waals surface area contributed by atoms with Gasteiger partial charge in [-0.15, -0.1) is 0 Å². The molecule has 0 saturated carbocycles. The maximum atomic E-state index is 14.3. The van der Waals surface area contributed by atoms with Crippen molar-refractivity contribution in [2.24, 2.45) is 33.8 Å². The molecule has 11 atom stereocenters.